The van der Waals surface area contributed by atoms with E-state index in [0.717, 1.165) is 23.2 Å². The van der Waals surface area contributed by atoms with Crippen LogP contribution in [0.3, 0.4) is 0 Å². The maximum atomic E-state index is 12.7. The molecule has 24 heavy (non-hydrogen) atoms. The lowest BCUT2D eigenvalue weighted by Gasteiger charge is -2.39. The minimum absolute atomic E-state index is 0.0572. The summed E-state index contributed by atoms with van der Waals surface area (Å²) in [6.45, 7) is -0.0572. The van der Waals surface area contributed by atoms with E-state index < -0.39 is 5.54 Å². The van der Waals surface area contributed by atoms with Gasteiger partial charge in [0, 0.05) is 18.2 Å². The van der Waals surface area contributed by atoms with E-state index in [1.165, 1.54) is 0 Å². The lowest BCUT2D eigenvalue weighted by atomic mass is 9.87. The maximum Gasteiger partial charge on any atom is 0.224 e. The summed E-state index contributed by atoms with van der Waals surface area (Å²) in [7, 11) is 0. The van der Waals surface area contributed by atoms with Crippen molar-refractivity contribution in [3.63, 3.8) is 0 Å². The van der Waals surface area contributed by atoms with Gasteiger partial charge in [0.05, 0.1) is 18.3 Å². The first-order chi connectivity index (χ1) is 11.7. The molecule has 122 valence electrons. The summed E-state index contributed by atoms with van der Waals surface area (Å²) in [4.78, 5) is 19.1. The number of nitrogens with zero attached hydrogens (tertiary/aromatic N) is 2. The Morgan fingerprint density at radius 2 is 1.88 bits per heavy atom. The number of aliphatic imine (C=N–C) groups is 1. The van der Waals surface area contributed by atoms with Gasteiger partial charge in [-0.1, -0.05) is 48.5 Å². The van der Waals surface area contributed by atoms with Gasteiger partial charge in [-0.2, -0.15) is 0 Å². The number of carbonyl (C=O) groups excluding carboxylic acids is 1. The number of hydrogen-bond donors (Lipinski definition) is 1. The predicted molar refractivity (Wildman–Crippen MR) is 93.4 cm³/mol. The molecule has 1 N–H and O–H groups in total. The molecule has 2 aliphatic heterocycles. The smallest absolute Gasteiger partial charge is 0.224 e. The van der Waals surface area contributed by atoms with E-state index >= 15 is 0 Å². The molecule has 2 heterocycles. The van der Waals surface area contributed by atoms with E-state index in [0.29, 0.717) is 12.8 Å². The van der Waals surface area contributed by atoms with Crippen LogP contribution in [0.4, 0.5) is 5.69 Å². The maximum absolute atomic E-state index is 12.7. The Morgan fingerprint density at radius 1 is 1.12 bits per heavy atom. The van der Waals surface area contributed by atoms with Gasteiger partial charge in [0.2, 0.25) is 5.91 Å². The predicted octanol–water partition coefficient (Wildman–Crippen LogP) is 2.82. The zero-order valence-electron chi connectivity index (χ0n) is 13.4. The zero-order valence-corrected chi connectivity index (χ0v) is 13.4. The Morgan fingerprint density at radius 3 is 2.67 bits per heavy atom. The summed E-state index contributed by atoms with van der Waals surface area (Å²) in [6, 6.07) is 17.7. The third-order valence-corrected chi connectivity index (χ3v) is 5.10. The van der Waals surface area contributed by atoms with E-state index in [2.05, 4.69) is 4.99 Å². The second-order valence-corrected chi connectivity index (χ2v) is 6.49. The summed E-state index contributed by atoms with van der Waals surface area (Å²) in [6.07, 6.45) is 3.75. The molecule has 4 rings (SSSR count). The van der Waals surface area contributed by atoms with Crippen molar-refractivity contribution in [1.29, 1.82) is 0 Å². The van der Waals surface area contributed by atoms with Gasteiger partial charge in [-0.15, -0.1) is 0 Å². The van der Waals surface area contributed by atoms with Gasteiger partial charge in [-0.3, -0.25) is 9.79 Å². The molecule has 0 aliphatic carbocycles. The summed E-state index contributed by atoms with van der Waals surface area (Å²) in [5.41, 5.74) is 2.61. The van der Waals surface area contributed by atoms with Crippen molar-refractivity contribution >= 4 is 17.8 Å². The molecule has 2 aliphatic rings. The average molecular weight is 320 g/mol. The number of hydrogen-bond acceptors (Lipinski definition) is 3. The Labute approximate surface area is 141 Å². The lowest BCUT2D eigenvalue weighted by Crippen LogP contribution is -2.51. The molecule has 1 amide bonds. The Hall–Kier alpha value is -2.46. The van der Waals surface area contributed by atoms with Crippen LogP contribution in [-0.4, -0.2) is 34.8 Å². The first-order valence-corrected chi connectivity index (χ1v) is 8.36. The highest BCUT2D eigenvalue weighted by molar-refractivity contribution is 5.93. The molecule has 1 saturated heterocycles. The Kier molecular flexibility index (Phi) is 3.69. The zero-order chi connectivity index (χ0) is 16.6. The Bertz CT molecular complexity index is 787. The van der Waals surface area contributed by atoms with Crippen LogP contribution in [0.15, 0.2) is 59.6 Å². The number of carbonyl (C=O) groups is 1. The van der Waals surface area contributed by atoms with Crippen molar-refractivity contribution in [3.05, 3.63) is 65.7 Å². The third kappa shape index (κ3) is 2.26. The number of aliphatic hydroxyl groups is 1. The number of aliphatic hydroxyl groups excluding tert-OH is 1. The molecule has 0 bridgehead atoms. The number of rotatable bonds is 4. The molecule has 0 radical (unpaired) electrons. The summed E-state index contributed by atoms with van der Waals surface area (Å²) in [5, 5.41) is 10.0. The van der Waals surface area contributed by atoms with Crippen LogP contribution >= 0.6 is 0 Å². The Balaban J connectivity index is 1.72. The minimum Gasteiger partial charge on any atom is -0.394 e. The van der Waals surface area contributed by atoms with E-state index in [-0.39, 0.29) is 18.6 Å². The van der Waals surface area contributed by atoms with Crippen LogP contribution in [0.2, 0.25) is 0 Å². The standard InChI is InChI=1S/C20H20N2O2/c23-13-16(12-15-6-2-1-3-7-15)22-19(24)10-11-20(22)14-21-18-9-5-4-8-17(18)20/h1-9,14,16,23H,10-13H2/t16-,20?/m0/s1. The van der Waals surface area contributed by atoms with E-state index in [9.17, 15) is 9.90 Å². The normalized spacial score (nSPS) is 23.0. The molecule has 1 spiro atoms. The van der Waals surface area contributed by atoms with E-state index in [4.69, 9.17) is 0 Å². The van der Waals surface area contributed by atoms with Gasteiger partial charge in [-0.25, -0.2) is 0 Å². The fraction of sp³-hybridized carbons (Fsp3) is 0.300. The van der Waals surface area contributed by atoms with Crippen molar-refractivity contribution in [1.82, 2.24) is 4.90 Å². The van der Waals surface area contributed by atoms with Crippen LogP contribution in [0.5, 0.6) is 0 Å². The molecular formula is C20H20N2O2. The van der Waals surface area contributed by atoms with Crippen LogP contribution in [-0.2, 0) is 16.8 Å². The van der Waals surface area contributed by atoms with Crippen LogP contribution in [0.25, 0.3) is 0 Å². The second kappa shape index (κ2) is 5.87. The molecular weight excluding hydrogens is 300 g/mol. The average Bonchev–Trinajstić information content (AvgIpc) is 3.16. The van der Waals surface area contributed by atoms with Crippen LogP contribution < -0.4 is 0 Å². The first-order valence-electron chi connectivity index (χ1n) is 8.36. The number of benzene rings is 2. The summed E-state index contributed by atoms with van der Waals surface area (Å²) < 4.78 is 0. The molecule has 2 aromatic carbocycles. The largest absolute Gasteiger partial charge is 0.394 e. The number of para-hydroxylation sites is 1. The highest BCUT2D eigenvalue weighted by Crippen LogP contribution is 2.47. The monoisotopic (exact) mass is 320 g/mol. The van der Waals surface area contributed by atoms with Gasteiger partial charge in [0.1, 0.15) is 5.54 Å². The molecule has 4 nitrogen and oxygen atoms in total. The molecule has 2 atom stereocenters. The van der Waals surface area contributed by atoms with Crippen molar-refractivity contribution in [3.8, 4) is 0 Å². The molecule has 1 fully saturated rings. The first kappa shape index (κ1) is 15.1. The molecule has 4 heteroatoms. The summed E-state index contributed by atoms with van der Waals surface area (Å²) in [5.74, 6) is 0.0909. The van der Waals surface area contributed by atoms with Gasteiger partial charge < -0.3 is 10.0 Å². The van der Waals surface area contributed by atoms with Gasteiger partial charge in [-0.05, 0) is 24.5 Å². The number of amides is 1. The van der Waals surface area contributed by atoms with Crippen molar-refractivity contribution in [2.75, 3.05) is 6.61 Å². The number of likely N-dealkylation sites (tertiary alicyclic amines) is 1. The summed E-state index contributed by atoms with van der Waals surface area (Å²) >= 11 is 0. The fourth-order valence-electron chi connectivity index (χ4n) is 4.00. The highest BCUT2D eigenvalue weighted by Gasteiger charge is 2.51. The number of fused-ring (bicyclic) bond motifs is 2. The topological polar surface area (TPSA) is 52.9 Å². The molecule has 2 aromatic rings. The minimum atomic E-state index is -0.504. The van der Waals surface area contributed by atoms with Crippen molar-refractivity contribution in [2.24, 2.45) is 4.99 Å². The fourth-order valence-corrected chi connectivity index (χ4v) is 4.00. The lowest BCUT2D eigenvalue weighted by molar-refractivity contribution is -0.133. The van der Waals surface area contributed by atoms with Gasteiger partial charge in [0.15, 0.2) is 0 Å². The van der Waals surface area contributed by atoms with E-state index in [1.807, 2.05) is 65.7 Å². The molecule has 1 unspecified atom stereocenters. The van der Waals surface area contributed by atoms with Crippen molar-refractivity contribution in [2.45, 2.75) is 30.8 Å². The van der Waals surface area contributed by atoms with E-state index in [1.54, 1.807) is 0 Å². The third-order valence-electron chi connectivity index (χ3n) is 5.10. The highest BCUT2D eigenvalue weighted by atomic mass is 16.3. The van der Waals surface area contributed by atoms with Crippen molar-refractivity contribution < 1.29 is 9.90 Å². The SMILES string of the molecule is O=C1CCC2(C=Nc3ccccc32)N1[C@H](CO)Cc1ccccc1. The molecule has 0 saturated carbocycles. The quantitative estimate of drug-likeness (QED) is 0.942. The van der Waals surface area contributed by atoms with Crippen LogP contribution in [0.1, 0.15) is 24.0 Å². The second-order valence-electron chi connectivity index (χ2n) is 6.49. The van der Waals surface area contributed by atoms with Crippen LogP contribution in [0, 0.1) is 0 Å². The van der Waals surface area contributed by atoms with Gasteiger partial charge in [0.25, 0.3) is 0 Å². The van der Waals surface area contributed by atoms with Gasteiger partial charge >= 0.3 is 0 Å². The molecule has 0 aromatic heterocycles.